The predicted molar refractivity (Wildman–Crippen MR) is 88.7 cm³/mol. The Bertz CT molecular complexity index is 516. The topological polar surface area (TPSA) is 58.6 Å². The number of carbonyl (C=O) groups is 2. The van der Waals surface area contributed by atoms with Crippen LogP contribution < -0.4 is 5.32 Å². The number of amides is 1. The molecule has 1 saturated heterocycles. The van der Waals surface area contributed by atoms with Crippen LogP contribution in [0.2, 0.25) is 0 Å². The second-order valence-corrected chi connectivity index (χ2v) is 6.21. The molecule has 1 amide bonds. The van der Waals surface area contributed by atoms with Gasteiger partial charge in [-0.2, -0.15) is 0 Å². The number of esters is 1. The quantitative estimate of drug-likeness (QED) is 0.816. The van der Waals surface area contributed by atoms with E-state index in [1.54, 1.807) is 0 Å². The van der Waals surface area contributed by atoms with Crippen LogP contribution in [0.25, 0.3) is 0 Å². The number of carbonyl (C=O) groups excluding carboxylic acids is 2. The molecule has 0 aliphatic carbocycles. The van der Waals surface area contributed by atoms with E-state index in [0.29, 0.717) is 6.04 Å². The molecule has 1 N–H and O–H groups in total. The molecule has 1 aromatic carbocycles. The fourth-order valence-corrected chi connectivity index (χ4v) is 2.92. The lowest BCUT2D eigenvalue weighted by molar-refractivity contribution is -0.145. The van der Waals surface area contributed by atoms with Crippen molar-refractivity contribution < 1.29 is 14.3 Å². The third-order valence-corrected chi connectivity index (χ3v) is 4.16. The SMILES string of the molecule is CC(C)N1CCCCC1C(=O)NCC(=O)OCc1ccccc1. The van der Waals surface area contributed by atoms with Crippen molar-refractivity contribution in [2.24, 2.45) is 0 Å². The Morgan fingerprint density at radius 3 is 2.70 bits per heavy atom. The number of hydrogen-bond donors (Lipinski definition) is 1. The normalized spacial score (nSPS) is 18.7. The molecular weight excluding hydrogens is 292 g/mol. The second-order valence-electron chi connectivity index (χ2n) is 6.21. The molecule has 126 valence electrons. The Balaban J connectivity index is 1.75. The van der Waals surface area contributed by atoms with Crippen molar-refractivity contribution in [3.63, 3.8) is 0 Å². The molecule has 1 aliphatic rings. The van der Waals surface area contributed by atoms with E-state index in [1.807, 2.05) is 30.3 Å². The minimum absolute atomic E-state index is 0.0740. The largest absolute Gasteiger partial charge is 0.460 e. The van der Waals surface area contributed by atoms with Crippen molar-refractivity contribution in [1.82, 2.24) is 10.2 Å². The summed E-state index contributed by atoms with van der Waals surface area (Å²) in [5.41, 5.74) is 0.936. The predicted octanol–water partition coefficient (Wildman–Crippen LogP) is 2.11. The highest BCUT2D eigenvalue weighted by Crippen LogP contribution is 2.19. The van der Waals surface area contributed by atoms with Gasteiger partial charge < -0.3 is 10.1 Å². The van der Waals surface area contributed by atoms with Crippen molar-refractivity contribution in [2.45, 2.75) is 51.8 Å². The summed E-state index contributed by atoms with van der Waals surface area (Å²) < 4.78 is 5.17. The number of ether oxygens (including phenoxy) is 1. The van der Waals surface area contributed by atoms with Crippen molar-refractivity contribution in [3.05, 3.63) is 35.9 Å². The van der Waals surface area contributed by atoms with Crippen LogP contribution in [0.3, 0.4) is 0 Å². The molecule has 0 saturated carbocycles. The summed E-state index contributed by atoms with van der Waals surface area (Å²) in [5.74, 6) is -0.482. The summed E-state index contributed by atoms with van der Waals surface area (Å²) in [4.78, 5) is 26.3. The monoisotopic (exact) mass is 318 g/mol. The van der Waals surface area contributed by atoms with Gasteiger partial charge in [0, 0.05) is 6.04 Å². The number of hydrogen-bond acceptors (Lipinski definition) is 4. The van der Waals surface area contributed by atoms with Crippen molar-refractivity contribution in [1.29, 1.82) is 0 Å². The van der Waals surface area contributed by atoms with Crippen LogP contribution in [0.15, 0.2) is 30.3 Å². The van der Waals surface area contributed by atoms with Gasteiger partial charge in [0.2, 0.25) is 5.91 Å². The number of nitrogens with one attached hydrogen (secondary N) is 1. The fraction of sp³-hybridized carbons (Fsp3) is 0.556. The summed E-state index contributed by atoms with van der Waals surface area (Å²) >= 11 is 0. The molecule has 1 heterocycles. The summed E-state index contributed by atoms with van der Waals surface area (Å²) in [5, 5.41) is 2.72. The van der Waals surface area contributed by atoms with E-state index in [4.69, 9.17) is 4.74 Å². The summed E-state index contributed by atoms with van der Waals surface area (Å²) in [6, 6.07) is 9.70. The molecule has 5 heteroatoms. The standard InChI is InChI=1S/C18H26N2O3/c1-14(2)20-11-7-6-10-16(20)18(22)19-12-17(21)23-13-15-8-4-3-5-9-15/h3-5,8-9,14,16H,6-7,10-13H2,1-2H3,(H,19,22). The Morgan fingerprint density at radius 1 is 1.26 bits per heavy atom. The number of benzene rings is 1. The maximum Gasteiger partial charge on any atom is 0.325 e. The average Bonchev–Trinajstić information content (AvgIpc) is 2.58. The van der Waals surface area contributed by atoms with E-state index >= 15 is 0 Å². The summed E-state index contributed by atoms with van der Waals surface area (Å²) in [7, 11) is 0. The molecule has 1 aromatic rings. The van der Waals surface area contributed by atoms with E-state index in [2.05, 4.69) is 24.1 Å². The smallest absolute Gasteiger partial charge is 0.325 e. The first-order valence-electron chi connectivity index (χ1n) is 8.31. The Morgan fingerprint density at radius 2 is 2.00 bits per heavy atom. The summed E-state index contributed by atoms with van der Waals surface area (Å²) in [6.45, 7) is 5.29. The maximum absolute atomic E-state index is 12.3. The van der Waals surface area contributed by atoms with Crippen LogP contribution in [-0.4, -0.2) is 41.9 Å². The van der Waals surface area contributed by atoms with Gasteiger partial charge in [0.1, 0.15) is 13.2 Å². The van der Waals surface area contributed by atoms with Gasteiger partial charge in [-0.25, -0.2) is 0 Å². The van der Waals surface area contributed by atoms with Crippen molar-refractivity contribution >= 4 is 11.9 Å². The molecule has 0 radical (unpaired) electrons. The van der Waals surface area contributed by atoms with E-state index in [-0.39, 0.29) is 25.1 Å². The van der Waals surface area contributed by atoms with E-state index in [1.165, 1.54) is 0 Å². The lowest BCUT2D eigenvalue weighted by Gasteiger charge is -2.37. The van der Waals surface area contributed by atoms with Crippen LogP contribution in [-0.2, 0) is 20.9 Å². The van der Waals surface area contributed by atoms with E-state index < -0.39 is 5.97 Å². The molecule has 2 rings (SSSR count). The molecule has 1 fully saturated rings. The Kier molecular flexibility index (Phi) is 6.59. The highest BCUT2D eigenvalue weighted by Gasteiger charge is 2.30. The van der Waals surface area contributed by atoms with E-state index in [0.717, 1.165) is 31.4 Å². The lowest BCUT2D eigenvalue weighted by atomic mass is 10.00. The first-order valence-corrected chi connectivity index (χ1v) is 8.31. The highest BCUT2D eigenvalue weighted by molar-refractivity contribution is 5.85. The Labute approximate surface area is 138 Å². The number of rotatable bonds is 6. The van der Waals surface area contributed by atoms with Gasteiger partial charge in [-0.3, -0.25) is 14.5 Å². The molecule has 1 atom stereocenters. The van der Waals surface area contributed by atoms with Crippen LogP contribution in [0.1, 0.15) is 38.7 Å². The van der Waals surface area contributed by atoms with Gasteiger partial charge in [0.25, 0.3) is 0 Å². The molecule has 1 aliphatic heterocycles. The van der Waals surface area contributed by atoms with Gasteiger partial charge in [0.05, 0.1) is 6.04 Å². The van der Waals surface area contributed by atoms with Gasteiger partial charge in [-0.1, -0.05) is 36.8 Å². The molecular formula is C18H26N2O3. The minimum atomic E-state index is -0.408. The molecule has 0 bridgehead atoms. The number of likely N-dealkylation sites (tertiary alicyclic amines) is 1. The second kappa shape index (κ2) is 8.67. The minimum Gasteiger partial charge on any atom is -0.460 e. The zero-order valence-corrected chi connectivity index (χ0v) is 14.0. The third kappa shape index (κ3) is 5.36. The van der Waals surface area contributed by atoms with Crippen LogP contribution in [0.4, 0.5) is 0 Å². The van der Waals surface area contributed by atoms with Crippen molar-refractivity contribution in [3.8, 4) is 0 Å². The molecule has 0 spiro atoms. The van der Waals surface area contributed by atoms with E-state index in [9.17, 15) is 9.59 Å². The molecule has 5 nitrogen and oxygen atoms in total. The van der Waals surface area contributed by atoms with Crippen LogP contribution in [0.5, 0.6) is 0 Å². The molecule has 0 aromatic heterocycles. The first-order chi connectivity index (χ1) is 11.1. The molecule has 23 heavy (non-hydrogen) atoms. The van der Waals surface area contributed by atoms with Crippen LogP contribution >= 0.6 is 0 Å². The Hall–Kier alpha value is -1.88. The number of nitrogens with zero attached hydrogens (tertiary/aromatic N) is 1. The third-order valence-electron chi connectivity index (χ3n) is 4.16. The van der Waals surface area contributed by atoms with Gasteiger partial charge in [0.15, 0.2) is 0 Å². The first kappa shape index (κ1) is 17.5. The maximum atomic E-state index is 12.3. The zero-order chi connectivity index (χ0) is 16.7. The molecule has 1 unspecified atom stereocenters. The van der Waals surface area contributed by atoms with Gasteiger partial charge in [-0.15, -0.1) is 0 Å². The van der Waals surface area contributed by atoms with Gasteiger partial charge >= 0.3 is 5.97 Å². The lowest BCUT2D eigenvalue weighted by Crippen LogP contribution is -2.52. The fourth-order valence-electron chi connectivity index (χ4n) is 2.92. The average molecular weight is 318 g/mol. The number of piperidine rings is 1. The zero-order valence-electron chi connectivity index (χ0n) is 14.0. The highest BCUT2D eigenvalue weighted by atomic mass is 16.5. The van der Waals surface area contributed by atoms with Crippen molar-refractivity contribution in [2.75, 3.05) is 13.1 Å². The summed E-state index contributed by atoms with van der Waals surface area (Å²) in [6.07, 6.45) is 3.03. The van der Waals surface area contributed by atoms with Gasteiger partial charge in [-0.05, 0) is 38.8 Å². The van der Waals surface area contributed by atoms with Crippen LogP contribution in [0, 0.1) is 0 Å².